The van der Waals surface area contributed by atoms with Gasteiger partial charge in [0.25, 0.3) is 10.0 Å². The standard InChI is InChI=1S/C18H19N3O3S4/c1-25-13-6-2-7-14-16(13)19-18(27-14)20-17(22)12-5-3-9-21(11-12)28(23,24)15-8-4-10-26-15/h2,4,6-8,10,12H,3,5,9,11H2,1H3,(H,19,20,22). The summed E-state index contributed by atoms with van der Waals surface area (Å²) in [4.78, 5) is 18.4. The normalized spacial score (nSPS) is 18.4. The molecule has 3 aromatic rings. The van der Waals surface area contributed by atoms with E-state index < -0.39 is 10.0 Å². The van der Waals surface area contributed by atoms with Gasteiger partial charge in [0, 0.05) is 18.0 Å². The molecule has 10 heteroatoms. The van der Waals surface area contributed by atoms with Crippen molar-refractivity contribution in [1.82, 2.24) is 9.29 Å². The van der Waals surface area contributed by atoms with Crippen molar-refractivity contribution >= 4 is 65.7 Å². The van der Waals surface area contributed by atoms with Gasteiger partial charge in [-0.15, -0.1) is 23.1 Å². The summed E-state index contributed by atoms with van der Waals surface area (Å²) in [5.41, 5.74) is 0.890. The minimum absolute atomic E-state index is 0.171. The van der Waals surface area contributed by atoms with Crippen LogP contribution in [0.1, 0.15) is 12.8 Å². The average molecular weight is 454 g/mol. The number of rotatable bonds is 5. The van der Waals surface area contributed by atoms with E-state index in [1.807, 2.05) is 24.5 Å². The first-order valence-electron chi connectivity index (χ1n) is 8.77. The smallest absolute Gasteiger partial charge is 0.252 e. The molecule has 1 unspecified atom stereocenters. The zero-order valence-electron chi connectivity index (χ0n) is 15.1. The molecule has 0 radical (unpaired) electrons. The number of benzene rings is 1. The first kappa shape index (κ1) is 19.8. The highest BCUT2D eigenvalue weighted by atomic mass is 32.2. The molecule has 148 valence electrons. The number of nitrogens with one attached hydrogen (secondary N) is 1. The molecule has 28 heavy (non-hydrogen) atoms. The quantitative estimate of drug-likeness (QED) is 0.588. The number of nitrogens with zero attached hydrogens (tertiary/aromatic N) is 2. The van der Waals surface area contributed by atoms with Gasteiger partial charge < -0.3 is 5.32 Å². The summed E-state index contributed by atoms with van der Waals surface area (Å²) < 4.78 is 28.3. The maximum Gasteiger partial charge on any atom is 0.252 e. The summed E-state index contributed by atoms with van der Waals surface area (Å²) >= 11 is 4.26. The van der Waals surface area contributed by atoms with Gasteiger partial charge in [-0.05, 0) is 42.7 Å². The van der Waals surface area contributed by atoms with E-state index in [0.717, 1.165) is 15.1 Å². The zero-order valence-corrected chi connectivity index (χ0v) is 18.4. The molecule has 3 heterocycles. The van der Waals surface area contributed by atoms with E-state index in [2.05, 4.69) is 10.3 Å². The number of fused-ring (bicyclic) bond motifs is 1. The summed E-state index contributed by atoms with van der Waals surface area (Å²) in [5, 5.41) is 5.20. The average Bonchev–Trinajstić information content (AvgIpc) is 3.37. The molecule has 0 bridgehead atoms. The molecular formula is C18H19N3O3S4. The number of piperidine rings is 1. The van der Waals surface area contributed by atoms with Gasteiger partial charge in [-0.25, -0.2) is 13.4 Å². The van der Waals surface area contributed by atoms with Crippen molar-refractivity contribution in [1.29, 1.82) is 0 Å². The van der Waals surface area contributed by atoms with E-state index >= 15 is 0 Å². The van der Waals surface area contributed by atoms with Crippen LogP contribution in [0.25, 0.3) is 10.2 Å². The maximum absolute atomic E-state index is 12.8. The van der Waals surface area contributed by atoms with Crippen LogP contribution in [-0.2, 0) is 14.8 Å². The Labute approximate surface area is 176 Å². The Bertz CT molecular complexity index is 1090. The number of hydrogen-bond acceptors (Lipinski definition) is 7. The summed E-state index contributed by atoms with van der Waals surface area (Å²) in [7, 11) is -3.53. The number of hydrogen-bond donors (Lipinski definition) is 1. The molecule has 1 aliphatic rings. The third kappa shape index (κ3) is 3.84. The predicted molar refractivity (Wildman–Crippen MR) is 116 cm³/mol. The number of anilines is 1. The second-order valence-corrected chi connectivity index (χ2v) is 11.4. The lowest BCUT2D eigenvalue weighted by Gasteiger charge is -2.30. The van der Waals surface area contributed by atoms with Crippen molar-refractivity contribution in [2.45, 2.75) is 21.9 Å². The first-order valence-corrected chi connectivity index (χ1v) is 13.1. The van der Waals surface area contributed by atoms with Crippen molar-refractivity contribution in [2.75, 3.05) is 24.7 Å². The van der Waals surface area contributed by atoms with Gasteiger partial charge in [0.05, 0.1) is 16.1 Å². The van der Waals surface area contributed by atoms with Crippen molar-refractivity contribution < 1.29 is 13.2 Å². The molecule has 0 aliphatic carbocycles. The molecule has 0 spiro atoms. The van der Waals surface area contributed by atoms with Crippen molar-refractivity contribution in [3.05, 3.63) is 35.7 Å². The molecule has 4 rings (SSSR count). The minimum atomic E-state index is -3.53. The van der Waals surface area contributed by atoms with Crippen LogP contribution in [0.15, 0.2) is 44.8 Å². The summed E-state index contributed by atoms with van der Waals surface area (Å²) in [6.45, 7) is 0.648. The van der Waals surface area contributed by atoms with Crippen LogP contribution in [0.3, 0.4) is 0 Å². The highest BCUT2D eigenvalue weighted by molar-refractivity contribution is 7.98. The highest BCUT2D eigenvalue weighted by Crippen LogP contribution is 2.33. The van der Waals surface area contributed by atoms with Crippen molar-refractivity contribution in [3.63, 3.8) is 0 Å². The van der Waals surface area contributed by atoms with Crippen LogP contribution in [0.2, 0.25) is 0 Å². The van der Waals surface area contributed by atoms with Gasteiger partial charge >= 0.3 is 0 Å². The topological polar surface area (TPSA) is 79.4 Å². The zero-order chi connectivity index (χ0) is 19.7. The number of sulfonamides is 1. The largest absolute Gasteiger partial charge is 0.302 e. The Kier molecular flexibility index (Phi) is 5.75. The number of aromatic nitrogens is 1. The van der Waals surface area contributed by atoms with Crippen LogP contribution >= 0.6 is 34.4 Å². The SMILES string of the molecule is CSc1cccc2sc(NC(=O)C3CCCN(S(=O)(=O)c4cccs4)C3)nc12. The molecule has 1 saturated heterocycles. The lowest BCUT2D eigenvalue weighted by molar-refractivity contribution is -0.120. The van der Waals surface area contributed by atoms with Crippen LogP contribution in [0.4, 0.5) is 5.13 Å². The number of carbonyl (C=O) groups is 1. The minimum Gasteiger partial charge on any atom is -0.302 e. The van der Waals surface area contributed by atoms with E-state index in [-0.39, 0.29) is 18.4 Å². The molecular weight excluding hydrogens is 434 g/mol. The van der Waals surface area contributed by atoms with E-state index in [4.69, 9.17) is 0 Å². The first-order chi connectivity index (χ1) is 13.5. The summed E-state index contributed by atoms with van der Waals surface area (Å²) in [5.74, 6) is -0.550. The number of thiophene rings is 1. The molecule has 0 saturated carbocycles. The molecule has 1 aromatic carbocycles. The van der Waals surface area contributed by atoms with Crippen molar-refractivity contribution in [3.8, 4) is 0 Å². The molecule has 1 N–H and O–H groups in total. The molecule has 1 amide bonds. The van der Waals surface area contributed by atoms with Crippen LogP contribution in [0.5, 0.6) is 0 Å². The third-order valence-electron chi connectivity index (χ3n) is 4.68. The molecule has 1 atom stereocenters. The molecule has 1 aliphatic heterocycles. The van der Waals surface area contributed by atoms with Crippen LogP contribution < -0.4 is 5.32 Å². The number of amides is 1. The second kappa shape index (κ2) is 8.11. The fourth-order valence-electron chi connectivity index (χ4n) is 3.26. The van der Waals surface area contributed by atoms with Gasteiger partial charge in [0.2, 0.25) is 5.91 Å². The second-order valence-electron chi connectivity index (χ2n) is 6.45. The highest BCUT2D eigenvalue weighted by Gasteiger charge is 2.34. The van der Waals surface area contributed by atoms with Gasteiger partial charge in [0.1, 0.15) is 4.21 Å². The van der Waals surface area contributed by atoms with Gasteiger partial charge in [-0.1, -0.05) is 23.5 Å². The van der Waals surface area contributed by atoms with E-state index in [1.54, 1.807) is 29.3 Å². The van der Waals surface area contributed by atoms with E-state index in [9.17, 15) is 13.2 Å². The number of para-hydroxylation sites is 1. The van der Waals surface area contributed by atoms with E-state index in [0.29, 0.717) is 28.7 Å². The van der Waals surface area contributed by atoms with Crippen LogP contribution in [0, 0.1) is 5.92 Å². The van der Waals surface area contributed by atoms with E-state index in [1.165, 1.54) is 27.0 Å². The summed E-state index contributed by atoms with van der Waals surface area (Å²) in [6.07, 6.45) is 3.33. The monoisotopic (exact) mass is 453 g/mol. The number of thiazole rings is 1. The molecule has 2 aromatic heterocycles. The predicted octanol–water partition coefficient (Wildman–Crippen LogP) is 4.12. The fourth-order valence-corrected chi connectivity index (χ4v) is 7.45. The Balaban J connectivity index is 1.49. The maximum atomic E-state index is 12.8. The van der Waals surface area contributed by atoms with Gasteiger partial charge in [-0.2, -0.15) is 4.31 Å². The summed E-state index contributed by atoms with van der Waals surface area (Å²) in [6, 6.07) is 9.30. The Morgan fingerprint density at radius 3 is 2.93 bits per heavy atom. The van der Waals surface area contributed by atoms with Gasteiger partial charge in [0.15, 0.2) is 5.13 Å². The third-order valence-corrected chi connectivity index (χ3v) is 9.62. The lowest BCUT2D eigenvalue weighted by atomic mass is 9.99. The Morgan fingerprint density at radius 2 is 2.18 bits per heavy atom. The van der Waals surface area contributed by atoms with Crippen molar-refractivity contribution in [2.24, 2.45) is 5.92 Å². The molecule has 6 nitrogen and oxygen atoms in total. The number of thioether (sulfide) groups is 1. The van der Waals surface area contributed by atoms with Gasteiger partial charge in [-0.3, -0.25) is 4.79 Å². The number of carbonyl (C=O) groups excluding carboxylic acids is 1. The molecule has 1 fully saturated rings. The lowest BCUT2D eigenvalue weighted by Crippen LogP contribution is -2.43. The Morgan fingerprint density at radius 1 is 1.32 bits per heavy atom. The Hall–Kier alpha value is -1.46. The van der Waals surface area contributed by atoms with Crippen LogP contribution in [-0.4, -0.2) is 43.0 Å². The fraction of sp³-hybridized carbons (Fsp3) is 0.333.